The van der Waals surface area contributed by atoms with Crippen molar-refractivity contribution in [2.75, 3.05) is 0 Å². The van der Waals surface area contributed by atoms with Crippen molar-refractivity contribution in [3.8, 4) is 6.07 Å². The molecule has 0 aromatic rings. The van der Waals surface area contributed by atoms with Gasteiger partial charge < -0.3 is 9.53 Å². The highest BCUT2D eigenvalue weighted by molar-refractivity contribution is 6.69. The van der Waals surface area contributed by atoms with E-state index in [-0.39, 0.29) is 11.5 Å². The van der Waals surface area contributed by atoms with Gasteiger partial charge in [0.25, 0.3) is 0 Å². The van der Waals surface area contributed by atoms with Gasteiger partial charge in [0.15, 0.2) is 13.9 Å². The van der Waals surface area contributed by atoms with Gasteiger partial charge in [0.1, 0.15) is 0 Å². The predicted octanol–water partition coefficient (Wildman–Crippen LogP) is 2.98. The fourth-order valence-electron chi connectivity index (χ4n) is 3.39. The third-order valence-corrected chi connectivity index (χ3v) is 5.30. The number of rotatable bonds is 2. The fraction of sp³-hybridized carbons (Fsp3) is 0.786. The number of hydrogen-bond acceptors (Lipinski definition) is 3. The minimum Gasteiger partial charge on any atom is -0.399 e. The molecule has 0 bridgehead atoms. The highest BCUT2D eigenvalue weighted by Crippen LogP contribution is 2.57. The van der Waals surface area contributed by atoms with E-state index in [1.165, 1.54) is 5.57 Å². The summed E-state index contributed by atoms with van der Waals surface area (Å²) >= 11 is 0. The van der Waals surface area contributed by atoms with Crippen LogP contribution in [0.2, 0.25) is 19.6 Å². The summed E-state index contributed by atoms with van der Waals surface area (Å²) in [5.74, 6) is 0. The van der Waals surface area contributed by atoms with Crippen LogP contribution in [-0.4, -0.2) is 25.1 Å². The SMILES string of the molecule is C[C@@]12CC[C@@H](O)C=C1CC[C@@]2(C#N)O[Si](C)(C)C. The van der Waals surface area contributed by atoms with Crippen molar-refractivity contribution in [2.45, 2.75) is 64.0 Å². The Morgan fingerprint density at radius 3 is 2.67 bits per heavy atom. The van der Waals surface area contributed by atoms with Gasteiger partial charge in [0.2, 0.25) is 0 Å². The molecule has 0 saturated heterocycles. The van der Waals surface area contributed by atoms with Crippen molar-refractivity contribution in [3.63, 3.8) is 0 Å². The molecule has 0 heterocycles. The first-order valence-electron chi connectivity index (χ1n) is 6.73. The molecule has 2 aliphatic rings. The largest absolute Gasteiger partial charge is 0.399 e. The molecule has 4 heteroatoms. The average molecular weight is 265 g/mol. The van der Waals surface area contributed by atoms with Crippen LogP contribution in [0.15, 0.2) is 11.6 Å². The summed E-state index contributed by atoms with van der Waals surface area (Å²) in [6.45, 7) is 8.54. The topological polar surface area (TPSA) is 53.2 Å². The molecule has 100 valence electrons. The van der Waals surface area contributed by atoms with Crippen LogP contribution in [-0.2, 0) is 4.43 Å². The Balaban J connectivity index is 2.40. The molecule has 0 radical (unpaired) electrons. The molecular formula is C14H23NO2Si. The number of hydrogen-bond donors (Lipinski definition) is 1. The van der Waals surface area contributed by atoms with Gasteiger partial charge in [-0.05, 0) is 45.3 Å². The Kier molecular flexibility index (Phi) is 3.21. The first-order valence-corrected chi connectivity index (χ1v) is 10.1. The van der Waals surface area contributed by atoms with E-state index in [0.717, 1.165) is 25.7 Å². The molecular weight excluding hydrogens is 242 g/mol. The van der Waals surface area contributed by atoms with Gasteiger partial charge in [-0.3, -0.25) is 0 Å². The van der Waals surface area contributed by atoms with Gasteiger partial charge in [-0.25, -0.2) is 0 Å². The van der Waals surface area contributed by atoms with E-state index in [9.17, 15) is 10.4 Å². The normalized spacial score (nSPS) is 40.0. The summed E-state index contributed by atoms with van der Waals surface area (Å²) in [5, 5.41) is 19.5. The molecule has 2 aliphatic carbocycles. The van der Waals surface area contributed by atoms with E-state index in [1.807, 2.05) is 6.08 Å². The molecule has 18 heavy (non-hydrogen) atoms. The highest BCUT2D eigenvalue weighted by Gasteiger charge is 2.58. The van der Waals surface area contributed by atoms with E-state index in [2.05, 4.69) is 32.6 Å². The number of aliphatic hydroxyl groups is 1. The van der Waals surface area contributed by atoms with Gasteiger partial charge in [-0.1, -0.05) is 18.6 Å². The molecule has 0 aromatic heterocycles. The molecule has 3 nitrogen and oxygen atoms in total. The van der Waals surface area contributed by atoms with Crippen molar-refractivity contribution < 1.29 is 9.53 Å². The number of aliphatic hydroxyl groups excluding tert-OH is 1. The van der Waals surface area contributed by atoms with Gasteiger partial charge in [0.05, 0.1) is 12.2 Å². The van der Waals surface area contributed by atoms with E-state index in [0.29, 0.717) is 0 Å². The second kappa shape index (κ2) is 4.19. The van der Waals surface area contributed by atoms with Crippen LogP contribution in [0.4, 0.5) is 0 Å². The molecule has 0 amide bonds. The van der Waals surface area contributed by atoms with Gasteiger partial charge in [-0.2, -0.15) is 5.26 Å². The van der Waals surface area contributed by atoms with Crippen LogP contribution < -0.4 is 0 Å². The Morgan fingerprint density at radius 2 is 2.11 bits per heavy atom. The predicted molar refractivity (Wildman–Crippen MR) is 73.4 cm³/mol. The summed E-state index contributed by atoms with van der Waals surface area (Å²) in [4.78, 5) is 0. The zero-order valence-electron chi connectivity index (χ0n) is 11.8. The summed E-state index contributed by atoms with van der Waals surface area (Å²) in [5.41, 5.74) is 0.339. The third-order valence-electron chi connectivity index (χ3n) is 4.34. The van der Waals surface area contributed by atoms with Crippen molar-refractivity contribution >= 4 is 8.32 Å². The van der Waals surface area contributed by atoms with Crippen molar-refractivity contribution in [2.24, 2.45) is 5.41 Å². The monoisotopic (exact) mass is 265 g/mol. The molecule has 1 fully saturated rings. The van der Waals surface area contributed by atoms with Crippen LogP contribution in [0, 0.1) is 16.7 Å². The standard InChI is InChI=1S/C14H23NO2Si/c1-13-7-6-12(16)9-11(13)5-8-14(13,10-15)17-18(2,3)4/h9,12,16H,5-8H2,1-4H3/t12-,13-,14+/m1/s1. The Hall–Kier alpha value is -0.633. The summed E-state index contributed by atoms with van der Waals surface area (Å²) < 4.78 is 6.30. The smallest absolute Gasteiger partial charge is 0.185 e. The van der Waals surface area contributed by atoms with E-state index < -0.39 is 13.9 Å². The number of nitrogens with zero attached hydrogens (tertiary/aromatic N) is 1. The molecule has 1 N–H and O–H groups in total. The maximum absolute atomic E-state index is 9.75. The first-order chi connectivity index (χ1) is 8.22. The molecule has 3 atom stereocenters. The molecule has 2 rings (SSSR count). The molecule has 0 spiro atoms. The maximum Gasteiger partial charge on any atom is 0.185 e. The summed E-state index contributed by atoms with van der Waals surface area (Å²) in [6.07, 6.45) is 4.84. The minimum atomic E-state index is -1.77. The Labute approximate surface area is 111 Å². The molecule has 1 saturated carbocycles. The fourth-order valence-corrected chi connectivity index (χ4v) is 4.81. The molecule has 0 aliphatic heterocycles. The molecule has 0 unspecified atom stereocenters. The first kappa shape index (κ1) is 13.8. The van der Waals surface area contributed by atoms with Crippen molar-refractivity contribution in [1.29, 1.82) is 5.26 Å². The molecule has 0 aromatic carbocycles. The second-order valence-corrected chi connectivity index (χ2v) is 11.2. The zero-order chi connectivity index (χ0) is 13.6. The lowest BCUT2D eigenvalue weighted by Gasteiger charge is -2.45. The Bertz CT molecular complexity index is 420. The summed E-state index contributed by atoms with van der Waals surface area (Å²) in [7, 11) is -1.77. The highest BCUT2D eigenvalue weighted by atomic mass is 28.4. The lowest BCUT2D eigenvalue weighted by atomic mass is 9.68. The minimum absolute atomic E-state index is 0.207. The van der Waals surface area contributed by atoms with Crippen LogP contribution >= 0.6 is 0 Å². The quantitative estimate of drug-likeness (QED) is 0.617. The van der Waals surface area contributed by atoms with Gasteiger partial charge in [0, 0.05) is 5.41 Å². The maximum atomic E-state index is 9.75. The van der Waals surface area contributed by atoms with Crippen molar-refractivity contribution in [1.82, 2.24) is 0 Å². The van der Waals surface area contributed by atoms with Crippen molar-refractivity contribution in [3.05, 3.63) is 11.6 Å². The zero-order valence-corrected chi connectivity index (χ0v) is 12.8. The van der Waals surface area contributed by atoms with Gasteiger partial charge >= 0.3 is 0 Å². The Morgan fingerprint density at radius 1 is 1.44 bits per heavy atom. The van der Waals surface area contributed by atoms with E-state index in [1.54, 1.807) is 0 Å². The second-order valence-electron chi connectivity index (χ2n) is 6.78. The van der Waals surface area contributed by atoms with Gasteiger partial charge in [-0.15, -0.1) is 0 Å². The lowest BCUT2D eigenvalue weighted by molar-refractivity contribution is 0.0140. The van der Waals surface area contributed by atoms with E-state index >= 15 is 0 Å². The van der Waals surface area contributed by atoms with E-state index in [4.69, 9.17) is 4.43 Å². The van der Waals surface area contributed by atoms with Crippen LogP contribution in [0.25, 0.3) is 0 Å². The van der Waals surface area contributed by atoms with Crippen LogP contribution in [0.5, 0.6) is 0 Å². The lowest BCUT2D eigenvalue weighted by Crippen LogP contribution is -2.51. The number of fused-ring (bicyclic) bond motifs is 1. The van der Waals surface area contributed by atoms with Crippen LogP contribution in [0.1, 0.15) is 32.6 Å². The average Bonchev–Trinajstić information content (AvgIpc) is 2.52. The third kappa shape index (κ3) is 2.05. The number of nitriles is 1. The van der Waals surface area contributed by atoms with Crippen LogP contribution in [0.3, 0.4) is 0 Å². The summed E-state index contributed by atoms with van der Waals surface area (Å²) in [6, 6.07) is 2.48.